The van der Waals surface area contributed by atoms with E-state index < -0.39 is 6.10 Å². The molecule has 4 fully saturated rings. The molecule has 6 heteroatoms. The van der Waals surface area contributed by atoms with Crippen LogP contribution in [0.5, 0.6) is 5.75 Å². The highest BCUT2D eigenvalue weighted by Crippen LogP contribution is 2.65. The molecule has 2 aliphatic heterocycles. The van der Waals surface area contributed by atoms with Gasteiger partial charge in [-0.3, -0.25) is 19.3 Å². The molecule has 0 aromatic heterocycles. The normalized spacial score (nSPS) is 37.1. The number of carbonyl (C=O) groups is 3. The highest BCUT2D eigenvalue weighted by atomic mass is 16.6. The molecule has 2 aromatic carbocycles. The van der Waals surface area contributed by atoms with Gasteiger partial charge in [0.1, 0.15) is 11.9 Å². The standard InChI is InChI=1S/C27H23NO5/c1-32-16-8-4-13(5-9-16)23(29)25-24(33-25)14-2-6-15(7-3-14)28-26(30)21-17-10-11-18(20-12-19(17)20)22(21)27(28)31/h2-11,17-22,24-25H,12H2,1H3. The van der Waals surface area contributed by atoms with Crippen LogP contribution in [0.15, 0.2) is 60.7 Å². The predicted octanol–water partition coefficient (Wildman–Crippen LogP) is 3.58. The molecule has 8 atom stereocenters. The van der Waals surface area contributed by atoms with Crippen molar-refractivity contribution in [1.82, 2.24) is 0 Å². The summed E-state index contributed by atoms with van der Waals surface area (Å²) in [7, 11) is 1.58. The van der Waals surface area contributed by atoms with E-state index in [4.69, 9.17) is 9.47 Å². The molecule has 0 radical (unpaired) electrons. The first kappa shape index (κ1) is 19.2. The highest BCUT2D eigenvalue weighted by Gasteiger charge is 2.67. The summed E-state index contributed by atoms with van der Waals surface area (Å²) in [5, 5.41) is 0. The molecule has 2 heterocycles. The molecule has 166 valence electrons. The van der Waals surface area contributed by atoms with E-state index in [2.05, 4.69) is 12.2 Å². The Bertz CT molecular complexity index is 1180. The summed E-state index contributed by atoms with van der Waals surface area (Å²) in [4.78, 5) is 40.7. The lowest BCUT2D eigenvalue weighted by atomic mass is 9.63. The van der Waals surface area contributed by atoms with Crippen LogP contribution in [0.1, 0.15) is 28.4 Å². The Morgan fingerprint density at radius 2 is 1.52 bits per heavy atom. The number of ether oxygens (including phenoxy) is 2. The molecule has 2 amide bonds. The number of methoxy groups -OCH3 is 1. The fourth-order valence-electron chi connectivity index (χ4n) is 6.51. The Hall–Kier alpha value is -3.25. The van der Waals surface area contributed by atoms with Gasteiger partial charge in [0, 0.05) is 5.56 Å². The Morgan fingerprint density at radius 1 is 0.909 bits per heavy atom. The van der Waals surface area contributed by atoms with Gasteiger partial charge in [0.25, 0.3) is 0 Å². The molecule has 2 bridgehead atoms. The summed E-state index contributed by atoms with van der Waals surface area (Å²) >= 11 is 0. The van der Waals surface area contributed by atoms with Crippen molar-refractivity contribution in [3.05, 3.63) is 71.8 Å². The SMILES string of the molecule is COc1ccc(C(=O)C2OC2c2ccc(N3C(=O)C4C5C=CC(C6CC56)C4C3=O)cc2)cc1. The van der Waals surface area contributed by atoms with Crippen LogP contribution >= 0.6 is 0 Å². The first-order valence-electron chi connectivity index (χ1n) is 11.6. The van der Waals surface area contributed by atoms with Crippen molar-refractivity contribution >= 4 is 23.3 Å². The largest absolute Gasteiger partial charge is 0.497 e. The number of hydrogen-bond acceptors (Lipinski definition) is 5. The molecule has 2 saturated heterocycles. The zero-order valence-electron chi connectivity index (χ0n) is 18.1. The molecule has 2 saturated carbocycles. The summed E-state index contributed by atoms with van der Waals surface area (Å²) in [6, 6.07) is 14.3. The van der Waals surface area contributed by atoms with E-state index in [0.29, 0.717) is 28.8 Å². The lowest BCUT2D eigenvalue weighted by molar-refractivity contribution is -0.124. The number of epoxide rings is 1. The molecule has 8 unspecified atom stereocenters. The summed E-state index contributed by atoms with van der Waals surface area (Å²) in [5.74, 6) is 1.73. The van der Waals surface area contributed by atoms with E-state index in [1.807, 2.05) is 12.1 Å². The predicted molar refractivity (Wildman–Crippen MR) is 119 cm³/mol. The Labute approximate surface area is 191 Å². The van der Waals surface area contributed by atoms with Gasteiger partial charge in [-0.05, 0) is 72.1 Å². The topological polar surface area (TPSA) is 76.2 Å². The van der Waals surface area contributed by atoms with Gasteiger partial charge in [0.2, 0.25) is 11.8 Å². The Morgan fingerprint density at radius 3 is 2.09 bits per heavy atom. The molecule has 2 aromatic rings. The van der Waals surface area contributed by atoms with E-state index in [0.717, 1.165) is 12.0 Å². The highest BCUT2D eigenvalue weighted by molar-refractivity contribution is 6.22. The second kappa shape index (κ2) is 6.64. The lowest BCUT2D eigenvalue weighted by Gasteiger charge is -2.37. The number of ketones is 1. The van der Waals surface area contributed by atoms with Gasteiger partial charge >= 0.3 is 0 Å². The number of benzene rings is 2. The van der Waals surface area contributed by atoms with E-state index >= 15 is 0 Å². The van der Waals surface area contributed by atoms with Gasteiger partial charge in [0.05, 0.1) is 24.6 Å². The van der Waals surface area contributed by atoms with Gasteiger partial charge in [-0.15, -0.1) is 0 Å². The monoisotopic (exact) mass is 441 g/mol. The Kier molecular flexibility index (Phi) is 3.87. The van der Waals surface area contributed by atoms with Crippen molar-refractivity contribution in [2.45, 2.75) is 18.6 Å². The second-order valence-corrected chi connectivity index (χ2v) is 9.83. The second-order valence-electron chi connectivity index (χ2n) is 9.83. The van der Waals surface area contributed by atoms with Gasteiger partial charge in [-0.1, -0.05) is 24.3 Å². The van der Waals surface area contributed by atoms with Crippen LogP contribution in [0.2, 0.25) is 0 Å². The summed E-state index contributed by atoms with van der Waals surface area (Å²) in [6.07, 6.45) is 4.69. The fraction of sp³-hybridized carbons (Fsp3) is 0.370. The zero-order valence-corrected chi connectivity index (χ0v) is 18.1. The van der Waals surface area contributed by atoms with Crippen molar-refractivity contribution in [1.29, 1.82) is 0 Å². The molecular weight excluding hydrogens is 418 g/mol. The third-order valence-corrected chi connectivity index (χ3v) is 8.27. The number of imide groups is 1. The van der Waals surface area contributed by atoms with Crippen LogP contribution in [-0.2, 0) is 14.3 Å². The van der Waals surface area contributed by atoms with Crippen LogP contribution in [0.3, 0.4) is 0 Å². The van der Waals surface area contributed by atoms with Crippen LogP contribution in [0.4, 0.5) is 5.69 Å². The molecule has 8 rings (SSSR count). The first-order chi connectivity index (χ1) is 16.1. The minimum absolute atomic E-state index is 0.0577. The van der Waals surface area contributed by atoms with Crippen molar-refractivity contribution in [2.24, 2.45) is 35.5 Å². The summed E-state index contributed by atoms with van der Waals surface area (Å²) < 4.78 is 10.8. The molecule has 6 nitrogen and oxygen atoms in total. The van der Waals surface area contributed by atoms with Crippen molar-refractivity contribution in [3.63, 3.8) is 0 Å². The molecule has 33 heavy (non-hydrogen) atoms. The minimum atomic E-state index is -0.518. The van der Waals surface area contributed by atoms with Gasteiger partial charge in [0.15, 0.2) is 11.9 Å². The third-order valence-electron chi connectivity index (χ3n) is 8.27. The average Bonchev–Trinajstić information content (AvgIpc) is 3.77. The fourth-order valence-corrected chi connectivity index (χ4v) is 6.51. The van der Waals surface area contributed by atoms with Crippen molar-refractivity contribution in [3.8, 4) is 5.75 Å². The maximum Gasteiger partial charge on any atom is 0.238 e. The van der Waals surface area contributed by atoms with Gasteiger partial charge in [-0.25, -0.2) is 0 Å². The summed E-state index contributed by atoms with van der Waals surface area (Å²) in [5.41, 5.74) is 2.05. The quantitative estimate of drug-likeness (QED) is 0.307. The van der Waals surface area contributed by atoms with E-state index in [-0.39, 0.29) is 47.4 Å². The molecule has 0 N–H and O–H groups in total. The van der Waals surface area contributed by atoms with E-state index in [9.17, 15) is 14.4 Å². The number of nitrogens with zero attached hydrogens (tertiary/aromatic N) is 1. The number of Topliss-reactive ketones (excluding diaryl/α,β-unsaturated/α-hetero) is 1. The van der Waals surface area contributed by atoms with Crippen molar-refractivity contribution < 1.29 is 23.9 Å². The zero-order chi connectivity index (χ0) is 22.4. The molecule has 6 aliphatic rings. The van der Waals surface area contributed by atoms with E-state index in [1.165, 1.54) is 4.90 Å². The van der Waals surface area contributed by atoms with Crippen LogP contribution < -0.4 is 9.64 Å². The number of carbonyl (C=O) groups excluding carboxylic acids is 3. The molecular formula is C27H23NO5. The smallest absolute Gasteiger partial charge is 0.238 e. The van der Waals surface area contributed by atoms with E-state index in [1.54, 1.807) is 43.5 Å². The lowest BCUT2D eigenvalue weighted by Crippen LogP contribution is -2.40. The van der Waals surface area contributed by atoms with Gasteiger partial charge in [-0.2, -0.15) is 0 Å². The summed E-state index contributed by atoms with van der Waals surface area (Å²) in [6.45, 7) is 0. The number of amides is 2. The van der Waals surface area contributed by atoms with Crippen LogP contribution in [0.25, 0.3) is 0 Å². The first-order valence-corrected chi connectivity index (χ1v) is 11.6. The minimum Gasteiger partial charge on any atom is -0.497 e. The molecule has 4 aliphatic carbocycles. The number of hydrogen-bond donors (Lipinski definition) is 0. The van der Waals surface area contributed by atoms with Gasteiger partial charge < -0.3 is 9.47 Å². The Balaban J connectivity index is 1.08. The molecule has 0 spiro atoms. The maximum atomic E-state index is 13.3. The van der Waals surface area contributed by atoms with Crippen LogP contribution in [-0.4, -0.2) is 30.8 Å². The maximum absolute atomic E-state index is 13.3. The number of rotatable bonds is 5. The van der Waals surface area contributed by atoms with Crippen molar-refractivity contribution in [2.75, 3.05) is 12.0 Å². The average molecular weight is 441 g/mol. The van der Waals surface area contributed by atoms with Crippen LogP contribution in [0, 0.1) is 35.5 Å². The number of anilines is 1. The third kappa shape index (κ3) is 2.67. The number of allylic oxidation sites excluding steroid dienone is 2.